The Morgan fingerprint density at radius 3 is 2.50 bits per heavy atom. The first-order chi connectivity index (χ1) is 8.69. The van der Waals surface area contributed by atoms with Gasteiger partial charge in [-0.2, -0.15) is 0 Å². The van der Waals surface area contributed by atoms with Crippen molar-refractivity contribution in [2.75, 3.05) is 0 Å². The number of rotatable bonds is 4. The maximum atomic E-state index is 12.9. The standard InChI is InChI=1S/C14H10ClFO2/c15-13-7-11(3-6-14(13)16)9-18-12-4-1-10(8-17)2-5-12/h1-8H,9H2. The molecule has 2 aromatic carbocycles. The van der Waals surface area contributed by atoms with Crippen LogP contribution in [-0.2, 0) is 6.61 Å². The maximum Gasteiger partial charge on any atom is 0.150 e. The molecule has 0 heterocycles. The lowest BCUT2D eigenvalue weighted by atomic mass is 10.2. The maximum absolute atomic E-state index is 12.9. The van der Waals surface area contributed by atoms with Gasteiger partial charge in [0.15, 0.2) is 0 Å². The lowest BCUT2D eigenvalue weighted by Crippen LogP contribution is -1.96. The zero-order valence-electron chi connectivity index (χ0n) is 9.40. The van der Waals surface area contributed by atoms with Crippen molar-refractivity contribution in [1.82, 2.24) is 0 Å². The summed E-state index contributed by atoms with van der Waals surface area (Å²) in [5.74, 6) is 0.191. The molecule has 0 aliphatic carbocycles. The second-order valence-electron chi connectivity index (χ2n) is 3.72. The van der Waals surface area contributed by atoms with E-state index in [1.807, 2.05) is 0 Å². The van der Waals surface area contributed by atoms with Crippen molar-refractivity contribution >= 4 is 17.9 Å². The molecule has 92 valence electrons. The van der Waals surface area contributed by atoms with Crippen molar-refractivity contribution in [3.63, 3.8) is 0 Å². The van der Waals surface area contributed by atoms with E-state index in [0.29, 0.717) is 17.9 Å². The predicted molar refractivity (Wildman–Crippen MR) is 67.6 cm³/mol. The Kier molecular flexibility index (Phi) is 3.95. The van der Waals surface area contributed by atoms with Crippen molar-refractivity contribution in [3.8, 4) is 5.75 Å². The molecule has 0 atom stereocenters. The molecular formula is C14H10ClFO2. The summed E-state index contributed by atoms with van der Waals surface area (Å²) in [6, 6.07) is 11.2. The Morgan fingerprint density at radius 1 is 1.17 bits per heavy atom. The molecule has 0 bridgehead atoms. The number of carbonyl (C=O) groups is 1. The highest BCUT2D eigenvalue weighted by molar-refractivity contribution is 6.30. The van der Waals surface area contributed by atoms with Crippen LogP contribution >= 0.6 is 11.6 Å². The minimum Gasteiger partial charge on any atom is -0.489 e. The number of ether oxygens (including phenoxy) is 1. The largest absolute Gasteiger partial charge is 0.489 e. The highest BCUT2D eigenvalue weighted by Gasteiger charge is 2.02. The van der Waals surface area contributed by atoms with Gasteiger partial charge in [0, 0.05) is 5.56 Å². The minimum absolute atomic E-state index is 0.0763. The van der Waals surface area contributed by atoms with Crippen LogP contribution in [0.25, 0.3) is 0 Å². The lowest BCUT2D eigenvalue weighted by molar-refractivity contribution is 0.112. The third-order valence-electron chi connectivity index (χ3n) is 2.41. The molecule has 18 heavy (non-hydrogen) atoms. The Morgan fingerprint density at radius 2 is 1.89 bits per heavy atom. The summed E-state index contributed by atoms with van der Waals surface area (Å²) in [6.45, 7) is 0.292. The van der Waals surface area contributed by atoms with Gasteiger partial charge in [0.2, 0.25) is 0 Å². The lowest BCUT2D eigenvalue weighted by Gasteiger charge is -2.06. The van der Waals surface area contributed by atoms with Gasteiger partial charge in [0.25, 0.3) is 0 Å². The zero-order chi connectivity index (χ0) is 13.0. The molecule has 2 nitrogen and oxygen atoms in total. The number of halogens is 2. The summed E-state index contributed by atoms with van der Waals surface area (Å²) in [5.41, 5.74) is 1.37. The second-order valence-corrected chi connectivity index (χ2v) is 4.13. The van der Waals surface area contributed by atoms with Gasteiger partial charge >= 0.3 is 0 Å². The zero-order valence-corrected chi connectivity index (χ0v) is 10.2. The van der Waals surface area contributed by atoms with Crippen LogP contribution in [0.5, 0.6) is 5.75 Å². The third-order valence-corrected chi connectivity index (χ3v) is 2.70. The van der Waals surface area contributed by atoms with Crippen LogP contribution in [-0.4, -0.2) is 6.29 Å². The van der Waals surface area contributed by atoms with Gasteiger partial charge < -0.3 is 4.74 Å². The average Bonchev–Trinajstić information content (AvgIpc) is 2.41. The van der Waals surface area contributed by atoms with E-state index in [1.165, 1.54) is 12.1 Å². The van der Waals surface area contributed by atoms with Crippen molar-refractivity contribution in [3.05, 3.63) is 64.4 Å². The fraction of sp³-hybridized carbons (Fsp3) is 0.0714. The van der Waals surface area contributed by atoms with Crippen molar-refractivity contribution in [1.29, 1.82) is 0 Å². The molecule has 0 amide bonds. The van der Waals surface area contributed by atoms with E-state index in [4.69, 9.17) is 16.3 Å². The molecule has 0 spiro atoms. The normalized spacial score (nSPS) is 10.1. The second kappa shape index (κ2) is 5.65. The molecule has 0 aliphatic rings. The number of hydrogen-bond acceptors (Lipinski definition) is 2. The van der Waals surface area contributed by atoms with Gasteiger partial charge in [-0.1, -0.05) is 17.7 Å². The van der Waals surface area contributed by atoms with Crippen LogP contribution in [0.3, 0.4) is 0 Å². The van der Waals surface area contributed by atoms with E-state index < -0.39 is 5.82 Å². The van der Waals surface area contributed by atoms with Crippen molar-refractivity contribution in [2.24, 2.45) is 0 Å². The quantitative estimate of drug-likeness (QED) is 0.784. The summed E-state index contributed by atoms with van der Waals surface area (Å²) >= 11 is 5.67. The van der Waals surface area contributed by atoms with Crippen LogP contribution in [0.1, 0.15) is 15.9 Å². The van der Waals surface area contributed by atoms with Crippen LogP contribution in [0.4, 0.5) is 4.39 Å². The average molecular weight is 265 g/mol. The number of aldehydes is 1. The summed E-state index contributed by atoms with van der Waals surface area (Å²) in [6.07, 6.45) is 0.767. The van der Waals surface area contributed by atoms with Gasteiger partial charge in [-0.05, 0) is 42.0 Å². The fourth-order valence-electron chi connectivity index (χ4n) is 1.44. The summed E-state index contributed by atoms with van der Waals surface area (Å²) in [7, 11) is 0. The number of hydrogen-bond donors (Lipinski definition) is 0. The highest BCUT2D eigenvalue weighted by Crippen LogP contribution is 2.18. The minimum atomic E-state index is -0.448. The first-order valence-electron chi connectivity index (χ1n) is 5.31. The monoisotopic (exact) mass is 264 g/mol. The van der Waals surface area contributed by atoms with Gasteiger partial charge in [-0.3, -0.25) is 4.79 Å². The van der Waals surface area contributed by atoms with Crippen molar-refractivity contribution in [2.45, 2.75) is 6.61 Å². The Hall–Kier alpha value is -1.87. The highest BCUT2D eigenvalue weighted by atomic mass is 35.5. The van der Waals surface area contributed by atoms with E-state index in [2.05, 4.69) is 0 Å². The fourth-order valence-corrected chi connectivity index (χ4v) is 1.64. The molecule has 0 aromatic heterocycles. The van der Waals surface area contributed by atoms with E-state index in [9.17, 15) is 9.18 Å². The van der Waals surface area contributed by atoms with E-state index in [-0.39, 0.29) is 5.02 Å². The van der Waals surface area contributed by atoms with Crippen LogP contribution in [0, 0.1) is 5.82 Å². The summed E-state index contributed by atoms with van der Waals surface area (Å²) in [5, 5.41) is 0.0763. The van der Waals surface area contributed by atoms with Crippen LogP contribution < -0.4 is 4.74 Å². The number of benzene rings is 2. The van der Waals surface area contributed by atoms with Crippen LogP contribution in [0.15, 0.2) is 42.5 Å². The smallest absolute Gasteiger partial charge is 0.150 e. The van der Waals surface area contributed by atoms with Gasteiger partial charge in [0.05, 0.1) is 5.02 Å². The SMILES string of the molecule is O=Cc1ccc(OCc2ccc(F)c(Cl)c2)cc1. The van der Waals surface area contributed by atoms with Gasteiger partial charge in [-0.25, -0.2) is 4.39 Å². The van der Waals surface area contributed by atoms with Crippen molar-refractivity contribution < 1.29 is 13.9 Å². The molecule has 2 aromatic rings. The Bertz CT molecular complexity index is 552. The molecular weight excluding hydrogens is 255 g/mol. The Balaban J connectivity index is 2.01. The molecule has 0 saturated carbocycles. The molecule has 0 aliphatic heterocycles. The summed E-state index contributed by atoms with van der Waals surface area (Å²) < 4.78 is 18.4. The van der Waals surface area contributed by atoms with Gasteiger partial charge in [0.1, 0.15) is 24.5 Å². The molecule has 4 heteroatoms. The Labute approximate surface area is 109 Å². The number of carbonyl (C=O) groups excluding carboxylic acids is 1. The molecule has 0 radical (unpaired) electrons. The molecule has 0 fully saturated rings. The first-order valence-corrected chi connectivity index (χ1v) is 5.69. The molecule has 0 unspecified atom stereocenters. The summed E-state index contributed by atoms with van der Waals surface area (Å²) in [4.78, 5) is 10.5. The van der Waals surface area contributed by atoms with Gasteiger partial charge in [-0.15, -0.1) is 0 Å². The molecule has 0 N–H and O–H groups in total. The molecule has 0 saturated heterocycles. The predicted octanol–water partition coefficient (Wildman–Crippen LogP) is 3.87. The van der Waals surface area contributed by atoms with E-state index in [0.717, 1.165) is 11.8 Å². The van der Waals surface area contributed by atoms with Crippen LogP contribution in [0.2, 0.25) is 5.02 Å². The third kappa shape index (κ3) is 3.08. The molecule has 2 rings (SSSR count). The van der Waals surface area contributed by atoms with E-state index in [1.54, 1.807) is 30.3 Å². The van der Waals surface area contributed by atoms with E-state index >= 15 is 0 Å². The first kappa shape index (κ1) is 12.6. The topological polar surface area (TPSA) is 26.3 Å².